The molecule has 1 unspecified atom stereocenters. The van der Waals surface area contributed by atoms with Crippen molar-refractivity contribution in [2.45, 2.75) is 76.9 Å². The molecule has 2 fully saturated rings. The minimum Gasteiger partial charge on any atom is -0.379 e. The smallest absolute Gasteiger partial charge is 0.191 e. The molecule has 2 rings (SSSR count). The summed E-state index contributed by atoms with van der Waals surface area (Å²) >= 11 is 0. The number of guanidine groups is 1. The molecule has 0 aromatic rings. The molecule has 1 saturated heterocycles. The van der Waals surface area contributed by atoms with Gasteiger partial charge < -0.3 is 24.8 Å². The first-order chi connectivity index (χ1) is 12.9. The molecule has 1 aliphatic heterocycles. The van der Waals surface area contributed by atoms with Gasteiger partial charge in [-0.3, -0.25) is 4.99 Å². The topological polar surface area (TPSA) is 64.1 Å². The van der Waals surface area contributed by atoms with Gasteiger partial charge >= 0.3 is 0 Å². The molecule has 1 saturated carbocycles. The molecule has 1 heterocycles. The third-order valence-corrected chi connectivity index (χ3v) is 4.94. The summed E-state index contributed by atoms with van der Waals surface area (Å²) in [6.45, 7) is 7.63. The van der Waals surface area contributed by atoms with Crippen LogP contribution in [0.3, 0.4) is 0 Å². The van der Waals surface area contributed by atoms with Gasteiger partial charge in [-0.05, 0) is 39.0 Å². The first-order valence-corrected chi connectivity index (χ1v) is 10.7. The Labute approximate surface area is 182 Å². The van der Waals surface area contributed by atoms with E-state index in [2.05, 4.69) is 22.5 Å². The third-order valence-electron chi connectivity index (χ3n) is 4.94. The van der Waals surface area contributed by atoms with Gasteiger partial charge in [-0.15, -0.1) is 24.0 Å². The molecule has 2 N–H and O–H groups in total. The fraction of sp³-hybridized carbons (Fsp3) is 0.950. The van der Waals surface area contributed by atoms with Crippen molar-refractivity contribution >= 4 is 29.9 Å². The molecular weight excluding hydrogens is 457 g/mol. The SMILES string of the molecule is CCNC(=NCCCOCC1CCCO1)NCCOC1CCCCCC1.I. The number of hydrogen-bond acceptors (Lipinski definition) is 4. The molecule has 1 aliphatic carbocycles. The van der Waals surface area contributed by atoms with Crippen LogP contribution < -0.4 is 10.6 Å². The molecule has 160 valence electrons. The summed E-state index contributed by atoms with van der Waals surface area (Å²) in [5.41, 5.74) is 0. The van der Waals surface area contributed by atoms with Gasteiger partial charge in [-0.25, -0.2) is 0 Å². The summed E-state index contributed by atoms with van der Waals surface area (Å²) in [7, 11) is 0. The van der Waals surface area contributed by atoms with E-state index in [9.17, 15) is 0 Å². The summed E-state index contributed by atoms with van der Waals surface area (Å²) < 4.78 is 17.3. The number of halogens is 1. The van der Waals surface area contributed by atoms with E-state index in [0.29, 0.717) is 12.2 Å². The van der Waals surface area contributed by atoms with Gasteiger partial charge in [0.2, 0.25) is 0 Å². The van der Waals surface area contributed by atoms with Gasteiger partial charge in [0.15, 0.2) is 5.96 Å². The van der Waals surface area contributed by atoms with Crippen LogP contribution in [0.2, 0.25) is 0 Å². The van der Waals surface area contributed by atoms with Gasteiger partial charge in [0.05, 0.1) is 25.4 Å². The third kappa shape index (κ3) is 12.1. The zero-order chi connectivity index (χ0) is 18.3. The molecular formula is C20H40IN3O3. The van der Waals surface area contributed by atoms with Crippen molar-refractivity contribution in [1.29, 1.82) is 0 Å². The molecule has 0 aromatic heterocycles. The molecule has 0 aromatic carbocycles. The van der Waals surface area contributed by atoms with Gasteiger partial charge in [0.25, 0.3) is 0 Å². The number of nitrogens with zero attached hydrogens (tertiary/aromatic N) is 1. The van der Waals surface area contributed by atoms with Crippen LogP contribution in [0.5, 0.6) is 0 Å². The Morgan fingerprint density at radius 2 is 1.85 bits per heavy atom. The van der Waals surface area contributed by atoms with Crippen LogP contribution in [0.15, 0.2) is 4.99 Å². The van der Waals surface area contributed by atoms with Gasteiger partial charge in [0, 0.05) is 32.8 Å². The lowest BCUT2D eigenvalue weighted by Gasteiger charge is -2.16. The second-order valence-electron chi connectivity index (χ2n) is 7.24. The van der Waals surface area contributed by atoms with E-state index < -0.39 is 0 Å². The van der Waals surface area contributed by atoms with Crippen LogP contribution in [-0.4, -0.2) is 64.2 Å². The first-order valence-electron chi connectivity index (χ1n) is 10.7. The maximum absolute atomic E-state index is 6.02. The standard InChI is InChI=1S/C20H39N3O3.HI/c1-2-21-20(22-12-8-14-24-17-19-11-7-15-25-19)23-13-16-26-18-9-5-3-4-6-10-18;/h18-19H,2-17H2,1H3,(H2,21,22,23);1H. The van der Waals surface area contributed by atoms with E-state index in [1.165, 1.54) is 44.9 Å². The Hall–Kier alpha value is -0.120. The normalized spacial score (nSPS) is 21.5. The Morgan fingerprint density at radius 3 is 2.56 bits per heavy atom. The molecule has 27 heavy (non-hydrogen) atoms. The van der Waals surface area contributed by atoms with E-state index in [0.717, 1.165) is 64.9 Å². The van der Waals surface area contributed by atoms with E-state index in [4.69, 9.17) is 14.2 Å². The molecule has 2 aliphatic rings. The van der Waals surface area contributed by atoms with Crippen molar-refractivity contribution in [2.75, 3.05) is 46.1 Å². The molecule has 0 bridgehead atoms. The lowest BCUT2D eigenvalue weighted by Crippen LogP contribution is -2.39. The fourth-order valence-corrected chi connectivity index (χ4v) is 3.49. The fourth-order valence-electron chi connectivity index (χ4n) is 3.49. The predicted molar refractivity (Wildman–Crippen MR) is 121 cm³/mol. The van der Waals surface area contributed by atoms with Crippen LogP contribution in [-0.2, 0) is 14.2 Å². The monoisotopic (exact) mass is 497 g/mol. The number of rotatable bonds is 11. The highest BCUT2D eigenvalue weighted by molar-refractivity contribution is 14.0. The second-order valence-corrected chi connectivity index (χ2v) is 7.24. The van der Waals surface area contributed by atoms with Crippen LogP contribution in [0.1, 0.15) is 64.7 Å². The van der Waals surface area contributed by atoms with Gasteiger partial charge in [-0.1, -0.05) is 25.7 Å². The molecule has 7 heteroatoms. The lowest BCUT2D eigenvalue weighted by atomic mass is 10.1. The molecule has 1 atom stereocenters. The second kappa shape index (κ2) is 16.8. The van der Waals surface area contributed by atoms with Crippen molar-refractivity contribution in [2.24, 2.45) is 4.99 Å². The number of aliphatic imine (C=N–C) groups is 1. The predicted octanol–water partition coefficient (Wildman–Crippen LogP) is 3.48. The van der Waals surface area contributed by atoms with Crippen LogP contribution >= 0.6 is 24.0 Å². The van der Waals surface area contributed by atoms with Crippen molar-refractivity contribution in [3.05, 3.63) is 0 Å². The van der Waals surface area contributed by atoms with Crippen LogP contribution in [0, 0.1) is 0 Å². The summed E-state index contributed by atoms with van der Waals surface area (Å²) in [6, 6.07) is 0. The number of hydrogen-bond donors (Lipinski definition) is 2. The first kappa shape index (κ1) is 24.9. The van der Waals surface area contributed by atoms with Crippen molar-refractivity contribution in [3.8, 4) is 0 Å². The highest BCUT2D eigenvalue weighted by atomic mass is 127. The summed E-state index contributed by atoms with van der Waals surface area (Å²) in [6.07, 6.45) is 11.8. The highest BCUT2D eigenvalue weighted by Gasteiger charge is 2.15. The zero-order valence-corrected chi connectivity index (χ0v) is 19.4. The Balaban J connectivity index is 0.00000364. The van der Waals surface area contributed by atoms with E-state index in [1.54, 1.807) is 0 Å². The average Bonchev–Trinajstić information content (AvgIpc) is 3.03. The molecule has 6 nitrogen and oxygen atoms in total. The zero-order valence-electron chi connectivity index (χ0n) is 17.0. The van der Waals surface area contributed by atoms with Gasteiger partial charge in [-0.2, -0.15) is 0 Å². The largest absolute Gasteiger partial charge is 0.379 e. The Bertz CT molecular complexity index is 371. The van der Waals surface area contributed by atoms with E-state index >= 15 is 0 Å². The minimum atomic E-state index is 0. The average molecular weight is 497 g/mol. The summed E-state index contributed by atoms with van der Waals surface area (Å²) in [5.74, 6) is 0.871. The van der Waals surface area contributed by atoms with Crippen LogP contribution in [0.25, 0.3) is 0 Å². The Kier molecular flexibility index (Phi) is 15.5. The van der Waals surface area contributed by atoms with Crippen LogP contribution in [0.4, 0.5) is 0 Å². The number of nitrogens with one attached hydrogen (secondary N) is 2. The van der Waals surface area contributed by atoms with Crippen molar-refractivity contribution in [1.82, 2.24) is 10.6 Å². The molecule has 0 amide bonds. The van der Waals surface area contributed by atoms with Crippen molar-refractivity contribution < 1.29 is 14.2 Å². The maximum Gasteiger partial charge on any atom is 0.191 e. The Morgan fingerprint density at radius 1 is 1.04 bits per heavy atom. The number of ether oxygens (including phenoxy) is 3. The molecule has 0 radical (unpaired) electrons. The summed E-state index contributed by atoms with van der Waals surface area (Å²) in [5, 5.41) is 6.65. The summed E-state index contributed by atoms with van der Waals surface area (Å²) in [4.78, 5) is 4.61. The van der Waals surface area contributed by atoms with E-state index in [-0.39, 0.29) is 24.0 Å². The quantitative estimate of drug-likeness (QED) is 0.151. The minimum absolute atomic E-state index is 0. The highest BCUT2D eigenvalue weighted by Crippen LogP contribution is 2.19. The lowest BCUT2D eigenvalue weighted by molar-refractivity contribution is 0.0171. The van der Waals surface area contributed by atoms with E-state index in [1.807, 2.05) is 0 Å². The van der Waals surface area contributed by atoms with Gasteiger partial charge in [0.1, 0.15) is 0 Å². The maximum atomic E-state index is 6.02. The molecule has 0 spiro atoms. The van der Waals surface area contributed by atoms with Crippen molar-refractivity contribution in [3.63, 3.8) is 0 Å².